The highest BCUT2D eigenvalue weighted by Crippen LogP contribution is 2.15. The van der Waals surface area contributed by atoms with E-state index < -0.39 is 0 Å². The van der Waals surface area contributed by atoms with E-state index in [1.807, 2.05) is 56.3 Å². The standard InChI is InChI=1S/C19H22N4O/c1-13-21-17-8-7-14(11-18(17)22-13)9-10-20-19(24)15-5-4-6-16(12-15)23(2)3/h4-8,11-12H,9-10H2,1-3H3,(H,20,24)(H,21,22). The summed E-state index contributed by atoms with van der Waals surface area (Å²) >= 11 is 0. The summed E-state index contributed by atoms with van der Waals surface area (Å²) < 4.78 is 0. The maximum Gasteiger partial charge on any atom is 0.251 e. The maximum absolute atomic E-state index is 12.3. The lowest BCUT2D eigenvalue weighted by atomic mass is 10.1. The van der Waals surface area contributed by atoms with E-state index in [2.05, 4.69) is 27.4 Å². The van der Waals surface area contributed by atoms with E-state index >= 15 is 0 Å². The van der Waals surface area contributed by atoms with Gasteiger partial charge in [-0.25, -0.2) is 4.98 Å². The van der Waals surface area contributed by atoms with Crippen LogP contribution in [-0.2, 0) is 6.42 Å². The second-order valence-corrected chi connectivity index (χ2v) is 6.12. The second-order valence-electron chi connectivity index (χ2n) is 6.12. The monoisotopic (exact) mass is 322 g/mol. The third-order valence-electron chi connectivity index (χ3n) is 3.99. The van der Waals surface area contributed by atoms with Gasteiger partial charge >= 0.3 is 0 Å². The number of aromatic amines is 1. The van der Waals surface area contributed by atoms with Crippen molar-refractivity contribution in [2.45, 2.75) is 13.3 Å². The highest BCUT2D eigenvalue weighted by Gasteiger charge is 2.07. The van der Waals surface area contributed by atoms with Gasteiger partial charge in [-0.15, -0.1) is 0 Å². The average Bonchev–Trinajstić information content (AvgIpc) is 2.94. The summed E-state index contributed by atoms with van der Waals surface area (Å²) in [5.74, 6) is 0.869. The predicted octanol–water partition coefficient (Wildman–Crippen LogP) is 2.91. The molecule has 0 atom stereocenters. The molecule has 0 fully saturated rings. The Morgan fingerprint density at radius 1 is 1.21 bits per heavy atom. The molecule has 0 bridgehead atoms. The zero-order chi connectivity index (χ0) is 17.1. The van der Waals surface area contributed by atoms with Crippen molar-refractivity contribution in [2.24, 2.45) is 0 Å². The fourth-order valence-corrected chi connectivity index (χ4v) is 2.69. The molecule has 2 N–H and O–H groups in total. The van der Waals surface area contributed by atoms with E-state index in [0.29, 0.717) is 12.1 Å². The van der Waals surface area contributed by atoms with Crippen molar-refractivity contribution in [1.29, 1.82) is 0 Å². The van der Waals surface area contributed by atoms with Crippen molar-refractivity contribution in [1.82, 2.24) is 15.3 Å². The van der Waals surface area contributed by atoms with Crippen molar-refractivity contribution in [2.75, 3.05) is 25.5 Å². The summed E-state index contributed by atoms with van der Waals surface area (Å²) in [6, 6.07) is 13.8. The van der Waals surface area contributed by atoms with Gasteiger partial charge in [-0.05, 0) is 49.2 Å². The number of carbonyl (C=O) groups is 1. The van der Waals surface area contributed by atoms with Gasteiger partial charge in [0.1, 0.15) is 5.82 Å². The van der Waals surface area contributed by atoms with Crippen LogP contribution in [-0.4, -0.2) is 36.5 Å². The average molecular weight is 322 g/mol. The van der Waals surface area contributed by atoms with Crippen LogP contribution < -0.4 is 10.2 Å². The van der Waals surface area contributed by atoms with E-state index in [-0.39, 0.29) is 5.91 Å². The lowest BCUT2D eigenvalue weighted by molar-refractivity contribution is 0.0954. The Labute approximate surface area is 141 Å². The van der Waals surface area contributed by atoms with Crippen LogP contribution >= 0.6 is 0 Å². The molecule has 124 valence electrons. The van der Waals surface area contributed by atoms with Gasteiger partial charge in [-0.2, -0.15) is 0 Å². The SMILES string of the molecule is Cc1nc2ccc(CCNC(=O)c3cccc(N(C)C)c3)cc2[nH]1. The number of carbonyl (C=O) groups excluding carboxylic acids is 1. The zero-order valence-corrected chi connectivity index (χ0v) is 14.3. The number of amides is 1. The molecular formula is C19H22N4O. The quantitative estimate of drug-likeness (QED) is 0.759. The van der Waals surface area contributed by atoms with Gasteiger partial charge in [-0.1, -0.05) is 12.1 Å². The molecule has 1 heterocycles. The van der Waals surface area contributed by atoms with Crippen molar-refractivity contribution >= 4 is 22.6 Å². The van der Waals surface area contributed by atoms with Crippen molar-refractivity contribution in [3.8, 4) is 0 Å². The first-order chi connectivity index (χ1) is 11.5. The number of anilines is 1. The Bertz CT molecular complexity index is 867. The molecule has 24 heavy (non-hydrogen) atoms. The first kappa shape index (κ1) is 16.1. The molecule has 1 amide bonds. The van der Waals surface area contributed by atoms with Crippen LogP contribution in [0.15, 0.2) is 42.5 Å². The number of fused-ring (bicyclic) bond motifs is 1. The van der Waals surface area contributed by atoms with E-state index in [1.54, 1.807) is 0 Å². The summed E-state index contributed by atoms with van der Waals surface area (Å²) in [5, 5.41) is 2.98. The lowest BCUT2D eigenvalue weighted by Crippen LogP contribution is -2.25. The minimum Gasteiger partial charge on any atom is -0.378 e. The van der Waals surface area contributed by atoms with Crippen LogP contribution in [0, 0.1) is 6.92 Å². The predicted molar refractivity (Wildman–Crippen MR) is 97.6 cm³/mol. The summed E-state index contributed by atoms with van der Waals surface area (Å²) in [5.41, 5.74) is 4.88. The van der Waals surface area contributed by atoms with Crippen LogP contribution in [0.25, 0.3) is 11.0 Å². The molecule has 0 aliphatic heterocycles. The number of hydrogen-bond acceptors (Lipinski definition) is 3. The van der Waals surface area contributed by atoms with Gasteiger partial charge in [0.2, 0.25) is 0 Å². The summed E-state index contributed by atoms with van der Waals surface area (Å²) in [7, 11) is 3.93. The molecule has 3 aromatic rings. The Hall–Kier alpha value is -2.82. The fraction of sp³-hybridized carbons (Fsp3) is 0.263. The number of hydrogen-bond donors (Lipinski definition) is 2. The highest BCUT2D eigenvalue weighted by atomic mass is 16.1. The number of aromatic nitrogens is 2. The molecule has 5 heteroatoms. The molecule has 0 radical (unpaired) electrons. The number of nitrogens with zero attached hydrogens (tertiary/aromatic N) is 2. The van der Waals surface area contributed by atoms with Crippen LogP contribution in [0.1, 0.15) is 21.7 Å². The molecule has 1 aromatic heterocycles. The Morgan fingerprint density at radius 2 is 2.04 bits per heavy atom. The van der Waals surface area contributed by atoms with E-state index in [1.165, 1.54) is 5.56 Å². The number of rotatable bonds is 5. The molecule has 0 aliphatic rings. The summed E-state index contributed by atoms with van der Waals surface area (Å²) in [6.45, 7) is 2.55. The highest BCUT2D eigenvalue weighted by molar-refractivity contribution is 5.95. The van der Waals surface area contributed by atoms with Crippen LogP contribution in [0.2, 0.25) is 0 Å². The molecule has 2 aromatic carbocycles. The van der Waals surface area contributed by atoms with Crippen molar-refractivity contribution < 1.29 is 4.79 Å². The van der Waals surface area contributed by atoms with Gasteiger partial charge in [0, 0.05) is 31.9 Å². The zero-order valence-electron chi connectivity index (χ0n) is 14.3. The van der Waals surface area contributed by atoms with Crippen LogP contribution in [0.5, 0.6) is 0 Å². The Balaban J connectivity index is 1.60. The van der Waals surface area contributed by atoms with Gasteiger partial charge < -0.3 is 15.2 Å². The molecule has 0 aliphatic carbocycles. The normalized spacial score (nSPS) is 10.8. The van der Waals surface area contributed by atoms with Gasteiger partial charge in [0.25, 0.3) is 5.91 Å². The Morgan fingerprint density at radius 3 is 2.83 bits per heavy atom. The number of nitrogens with one attached hydrogen (secondary N) is 2. The fourth-order valence-electron chi connectivity index (χ4n) is 2.69. The number of aryl methyl sites for hydroxylation is 1. The number of benzene rings is 2. The minimum atomic E-state index is -0.0443. The molecule has 0 spiro atoms. The van der Waals surface area contributed by atoms with E-state index in [9.17, 15) is 4.79 Å². The molecular weight excluding hydrogens is 300 g/mol. The largest absolute Gasteiger partial charge is 0.378 e. The third-order valence-corrected chi connectivity index (χ3v) is 3.99. The molecule has 0 saturated heterocycles. The number of H-pyrrole nitrogens is 1. The molecule has 3 rings (SSSR count). The van der Waals surface area contributed by atoms with E-state index in [0.717, 1.165) is 29.0 Å². The summed E-state index contributed by atoms with van der Waals surface area (Å²) in [4.78, 5) is 21.9. The Kier molecular flexibility index (Phi) is 4.51. The van der Waals surface area contributed by atoms with Crippen molar-refractivity contribution in [3.63, 3.8) is 0 Å². The van der Waals surface area contributed by atoms with E-state index in [4.69, 9.17) is 0 Å². The second kappa shape index (κ2) is 6.74. The molecule has 0 unspecified atom stereocenters. The lowest BCUT2D eigenvalue weighted by Gasteiger charge is -2.13. The first-order valence-electron chi connectivity index (χ1n) is 8.04. The van der Waals surface area contributed by atoms with Gasteiger partial charge in [0.15, 0.2) is 0 Å². The molecule has 0 saturated carbocycles. The summed E-state index contributed by atoms with van der Waals surface area (Å²) in [6.07, 6.45) is 0.785. The van der Waals surface area contributed by atoms with Crippen LogP contribution in [0.4, 0.5) is 5.69 Å². The number of imidazole rings is 1. The first-order valence-corrected chi connectivity index (χ1v) is 8.04. The smallest absolute Gasteiger partial charge is 0.251 e. The maximum atomic E-state index is 12.3. The minimum absolute atomic E-state index is 0.0443. The third kappa shape index (κ3) is 3.56. The topological polar surface area (TPSA) is 61.0 Å². The van der Waals surface area contributed by atoms with Crippen LogP contribution in [0.3, 0.4) is 0 Å². The van der Waals surface area contributed by atoms with Gasteiger partial charge in [0.05, 0.1) is 11.0 Å². The van der Waals surface area contributed by atoms with Gasteiger partial charge in [-0.3, -0.25) is 4.79 Å². The van der Waals surface area contributed by atoms with Crippen molar-refractivity contribution in [3.05, 3.63) is 59.4 Å². The molecule has 5 nitrogen and oxygen atoms in total.